The number of nitrogens with zero attached hydrogens (tertiary/aromatic N) is 9. The van der Waals surface area contributed by atoms with Gasteiger partial charge in [-0.05, 0) is 92.8 Å². The van der Waals surface area contributed by atoms with Crippen LogP contribution in [0.1, 0.15) is 82.6 Å². The van der Waals surface area contributed by atoms with Crippen molar-refractivity contribution < 1.29 is 33.5 Å². The zero-order chi connectivity index (χ0) is 45.3. The van der Waals surface area contributed by atoms with Crippen molar-refractivity contribution >= 4 is 64.3 Å². The van der Waals surface area contributed by atoms with Crippen molar-refractivity contribution in [2.45, 2.75) is 75.5 Å². The average Bonchev–Trinajstić information content (AvgIpc) is 3.79. The molecule has 19 nitrogen and oxygen atoms in total. The first kappa shape index (κ1) is 42.3. The molecule has 7 aliphatic heterocycles. The van der Waals surface area contributed by atoms with Gasteiger partial charge in [-0.25, -0.2) is 14.8 Å². The smallest absolute Gasteiger partial charge is 0.320 e. The third-order valence-electron chi connectivity index (χ3n) is 15.6. The molecule has 1 saturated carbocycles. The lowest BCUT2D eigenvalue weighted by Crippen LogP contribution is -2.59. The van der Waals surface area contributed by atoms with E-state index >= 15 is 0 Å². The number of rotatable bonds is 10. The molecule has 6 saturated heterocycles. The van der Waals surface area contributed by atoms with Crippen LogP contribution < -0.4 is 31.1 Å². The minimum absolute atomic E-state index is 0.0654. The number of carbonyl (C=O) groups excluding carboxylic acids is 6. The van der Waals surface area contributed by atoms with Crippen LogP contribution in [0.4, 0.5) is 33.5 Å². The highest BCUT2D eigenvalue weighted by atomic mass is 16.5. The maximum atomic E-state index is 13.4. The van der Waals surface area contributed by atoms with Crippen LogP contribution in [0.3, 0.4) is 0 Å². The van der Waals surface area contributed by atoms with Gasteiger partial charge in [0.15, 0.2) is 11.5 Å². The maximum absolute atomic E-state index is 13.4. The van der Waals surface area contributed by atoms with E-state index in [9.17, 15) is 28.8 Å². The van der Waals surface area contributed by atoms with E-state index in [0.717, 1.165) is 100 Å². The fraction of sp³-hybridized carbons (Fsp3) is 0.532. The van der Waals surface area contributed by atoms with Crippen LogP contribution in [-0.2, 0) is 14.3 Å². The summed E-state index contributed by atoms with van der Waals surface area (Å²) in [4.78, 5) is 100. The molecule has 4 N–H and O–H groups in total. The van der Waals surface area contributed by atoms with Gasteiger partial charge in [0.2, 0.25) is 11.8 Å². The lowest BCUT2D eigenvalue weighted by Gasteiger charge is -2.56. The Kier molecular flexibility index (Phi) is 10.8. The number of fused-ring (bicyclic) bond motifs is 1. The molecule has 66 heavy (non-hydrogen) atoms. The van der Waals surface area contributed by atoms with Gasteiger partial charge in [-0.1, -0.05) is 0 Å². The molecule has 1 aliphatic carbocycles. The van der Waals surface area contributed by atoms with E-state index < -0.39 is 35.6 Å². The second-order valence-electron chi connectivity index (χ2n) is 19.3. The monoisotopic (exact) mass is 900 g/mol. The van der Waals surface area contributed by atoms with Gasteiger partial charge in [0.1, 0.15) is 11.9 Å². The Labute approximate surface area is 382 Å². The van der Waals surface area contributed by atoms with Crippen molar-refractivity contribution in [3.8, 4) is 0 Å². The highest BCUT2D eigenvalue weighted by Gasteiger charge is 2.49. The van der Waals surface area contributed by atoms with Gasteiger partial charge in [0, 0.05) is 95.0 Å². The Morgan fingerprint density at radius 2 is 1.45 bits per heavy atom. The minimum atomic E-state index is -0.974. The van der Waals surface area contributed by atoms with E-state index in [-0.39, 0.29) is 36.7 Å². The lowest BCUT2D eigenvalue weighted by atomic mass is 9.60. The maximum Gasteiger partial charge on any atom is 0.320 e. The van der Waals surface area contributed by atoms with Gasteiger partial charge in [-0.15, -0.1) is 0 Å². The topological polar surface area (TPSA) is 210 Å². The first-order valence-corrected chi connectivity index (χ1v) is 23.5. The molecule has 1 spiro atoms. The summed E-state index contributed by atoms with van der Waals surface area (Å²) < 4.78 is 5.33. The van der Waals surface area contributed by atoms with Crippen molar-refractivity contribution in [1.82, 2.24) is 34.9 Å². The number of nitrogens with two attached hydrogens (primary N) is 1. The Hall–Kier alpha value is -6.34. The van der Waals surface area contributed by atoms with Crippen molar-refractivity contribution in [2.75, 3.05) is 98.7 Å². The molecule has 0 bridgehead atoms. The highest BCUT2D eigenvalue weighted by Crippen LogP contribution is 2.51. The zero-order valence-corrected chi connectivity index (χ0v) is 37.0. The third-order valence-corrected chi connectivity index (χ3v) is 15.6. The average molecular weight is 901 g/mol. The first-order chi connectivity index (χ1) is 32.0. The summed E-state index contributed by atoms with van der Waals surface area (Å²) in [5.74, 6) is -1.68. The summed E-state index contributed by atoms with van der Waals surface area (Å²) in [6.45, 7) is 9.51. The van der Waals surface area contributed by atoms with Crippen LogP contribution in [0, 0.1) is 5.41 Å². The van der Waals surface area contributed by atoms with E-state index in [1.54, 1.807) is 18.3 Å². The molecule has 19 heteroatoms. The molecule has 1 aromatic heterocycles. The predicted octanol–water partition coefficient (Wildman–Crippen LogP) is 2.40. The summed E-state index contributed by atoms with van der Waals surface area (Å²) >= 11 is 0. The van der Waals surface area contributed by atoms with Gasteiger partial charge in [-0.2, -0.15) is 0 Å². The Morgan fingerprint density at radius 3 is 2.15 bits per heavy atom. The van der Waals surface area contributed by atoms with Crippen molar-refractivity contribution in [2.24, 2.45) is 11.1 Å². The zero-order valence-electron chi connectivity index (χ0n) is 37.0. The summed E-state index contributed by atoms with van der Waals surface area (Å²) in [6.07, 6.45) is 8.34. The van der Waals surface area contributed by atoms with Crippen LogP contribution in [0.25, 0.3) is 0 Å². The fourth-order valence-corrected chi connectivity index (χ4v) is 11.6. The van der Waals surface area contributed by atoms with Gasteiger partial charge >= 0.3 is 6.03 Å². The fourth-order valence-electron chi connectivity index (χ4n) is 11.6. The largest absolute Gasteiger partial charge is 0.377 e. The van der Waals surface area contributed by atoms with E-state index in [4.69, 9.17) is 15.5 Å². The van der Waals surface area contributed by atoms with E-state index in [2.05, 4.69) is 47.3 Å². The number of piperazine rings is 1. The Balaban J connectivity index is 0.656. The number of anilines is 5. The number of hydrogen-bond donors (Lipinski definition) is 3. The molecular weight excluding hydrogens is 845 g/mol. The molecule has 2 atom stereocenters. The van der Waals surface area contributed by atoms with E-state index in [1.165, 1.54) is 12.8 Å². The molecule has 2 aromatic carbocycles. The summed E-state index contributed by atoms with van der Waals surface area (Å²) in [5, 5.41) is 5.57. The number of amides is 7. The summed E-state index contributed by atoms with van der Waals surface area (Å²) in [7, 11) is 0. The number of urea groups is 1. The standard InChI is InChI=1S/C47H56N12O7/c48-41(61)40-42(51-38(25-49-40)56-13-1-2-32(26-56)57-20-21-58(46(57)65)34-27-66-28-34)50-29-3-5-30(6-4-29)53-14-11-47(12-15-53)23-33(24-47)55-18-16-54(17-19-55)31-7-8-35-36(22-31)45(64)59(44(35)63)37-9-10-39(60)52-43(37)62/h3-8,22,25,32-34,37H,1-2,9-21,23-24,26-28H2,(H2,48,61)(H,50,51)(H,52,60,62). The SMILES string of the molecule is NC(=O)c1ncc(N2CCCC(N3CCN(C4COC4)C3=O)C2)nc1Nc1ccc(N2CCC3(CC2)CC(N2CCN(c4ccc5c(c4)C(=O)N(C4CCC(=O)NC4=O)C5=O)CC2)C3)cc1. The highest BCUT2D eigenvalue weighted by molar-refractivity contribution is 6.23. The first-order valence-electron chi connectivity index (χ1n) is 23.5. The molecule has 7 fully saturated rings. The molecule has 346 valence electrons. The van der Waals surface area contributed by atoms with Crippen LogP contribution in [0.5, 0.6) is 0 Å². The summed E-state index contributed by atoms with van der Waals surface area (Å²) in [6, 6.07) is 13.5. The number of hydrogen-bond acceptors (Lipinski definition) is 14. The number of primary amides is 1. The quantitative estimate of drug-likeness (QED) is 0.250. The van der Waals surface area contributed by atoms with Gasteiger partial charge in [0.05, 0.1) is 42.6 Å². The van der Waals surface area contributed by atoms with Crippen LogP contribution in [-0.4, -0.2) is 168 Å². The number of piperidine rings is 3. The lowest BCUT2D eigenvalue weighted by molar-refractivity contribution is -0.136. The molecule has 2 unspecified atom stereocenters. The van der Waals surface area contributed by atoms with E-state index in [1.807, 2.05) is 28.0 Å². The molecule has 8 aliphatic rings. The van der Waals surface area contributed by atoms with Crippen molar-refractivity contribution in [3.05, 3.63) is 65.5 Å². The number of carbonyl (C=O) groups is 6. The predicted molar refractivity (Wildman–Crippen MR) is 243 cm³/mol. The molecule has 7 amide bonds. The van der Waals surface area contributed by atoms with Crippen LogP contribution >= 0.6 is 0 Å². The van der Waals surface area contributed by atoms with Gasteiger partial charge < -0.3 is 40.3 Å². The van der Waals surface area contributed by atoms with Gasteiger partial charge in [-0.3, -0.25) is 39.1 Å². The van der Waals surface area contributed by atoms with Crippen molar-refractivity contribution in [1.29, 1.82) is 0 Å². The van der Waals surface area contributed by atoms with Gasteiger partial charge in [0.25, 0.3) is 17.7 Å². The molecular formula is C47H56N12O7. The number of aromatic nitrogens is 2. The number of nitrogens with one attached hydrogen (secondary N) is 2. The molecule has 0 radical (unpaired) electrons. The van der Waals surface area contributed by atoms with Crippen LogP contribution in [0.2, 0.25) is 0 Å². The molecule has 3 aromatic rings. The molecule has 11 rings (SSSR count). The van der Waals surface area contributed by atoms with Crippen LogP contribution in [0.15, 0.2) is 48.7 Å². The molecule has 8 heterocycles. The normalized spacial score (nSPS) is 25.1. The minimum Gasteiger partial charge on any atom is -0.377 e. The number of imide groups is 2. The Bertz CT molecular complexity index is 2460. The Morgan fingerprint density at radius 1 is 0.758 bits per heavy atom. The van der Waals surface area contributed by atoms with E-state index in [0.29, 0.717) is 60.5 Å². The number of benzene rings is 2. The van der Waals surface area contributed by atoms with Crippen molar-refractivity contribution in [3.63, 3.8) is 0 Å². The summed E-state index contributed by atoms with van der Waals surface area (Å²) in [5.41, 5.74) is 9.63. The third kappa shape index (κ3) is 7.64. The second-order valence-corrected chi connectivity index (χ2v) is 19.3. The number of ether oxygens (including phenoxy) is 1. The second kappa shape index (κ2) is 16.8.